The number of carbonyl (C=O) groups is 1. The summed E-state index contributed by atoms with van der Waals surface area (Å²) in [4.78, 5) is 9.95. The van der Waals surface area contributed by atoms with Gasteiger partial charge in [-0.2, -0.15) is 0 Å². The smallest absolute Gasteiger partial charge is 0.243 e. The molecule has 0 aliphatic heterocycles. The van der Waals surface area contributed by atoms with Gasteiger partial charge in [0.05, 0.1) is 0 Å². The minimum Gasteiger partial charge on any atom is -0.356 e. The highest BCUT2D eigenvalue weighted by Crippen LogP contribution is 1.99. The summed E-state index contributed by atoms with van der Waals surface area (Å²) in [5, 5.41) is 2.36. The van der Waals surface area contributed by atoms with Gasteiger partial charge in [0.15, 0.2) is 0 Å². The van der Waals surface area contributed by atoms with Gasteiger partial charge in [-0.25, -0.2) is 0 Å². The molecule has 0 saturated heterocycles. The maximum absolute atomic E-state index is 9.95. The van der Waals surface area contributed by atoms with Crippen LogP contribution < -0.4 is 5.32 Å². The van der Waals surface area contributed by atoms with Crippen molar-refractivity contribution in [2.24, 2.45) is 0 Å². The van der Waals surface area contributed by atoms with Crippen LogP contribution in [-0.2, 0) is 4.79 Å². The topological polar surface area (TPSA) is 29.1 Å². The van der Waals surface area contributed by atoms with E-state index in [0.717, 1.165) is 0 Å². The largest absolute Gasteiger partial charge is 0.356 e. The summed E-state index contributed by atoms with van der Waals surface area (Å²) >= 11 is 0. The molecule has 0 fully saturated rings. The second-order valence-electron chi connectivity index (χ2n) is 2.82. The number of benzene rings is 1. The third kappa shape index (κ3) is 7.33. The van der Waals surface area contributed by atoms with Gasteiger partial charge in [0.2, 0.25) is 5.91 Å². The second-order valence-corrected chi connectivity index (χ2v) is 2.82. The molecule has 0 bridgehead atoms. The minimum absolute atomic E-state index is 0.144. The molecular formula is C14H17NO. The summed E-state index contributed by atoms with van der Waals surface area (Å²) in [6, 6.07) is 10.1. The van der Waals surface area contributed by atoms with Crippen LogP contribution >= 0.6 is 0 Å². The van der Waals surface area contributed by atoms with Crippen molar-refractivity contribution in [3.63, 3.8) is 0 Å². The quantitative estimate of drug-likeness (QED) is 0.609. The van der Waals surface area contributed by atoms with Gasteiger partial charge in [-0.3, -0.25) is 4.79 Å². The van der Waals surface area contributed by atoms with Crippen molar-refractivity contribution in [3.8, 4) is 0 Å². The average Bonchev–Trinajstić information content (AvgIpc) is 2.37. The summed E-state index contributed by atoms with van der Waals surface area (Å²) in [5.74, 6) is -0.144. The Morgan fingerprint density at radius 3 is 2.25 bits per heavy atom. The fourth-order valence-corrected chi connectivity index (χ4v) is 0.845. The summed E-state index contributed by atoms with van der Waals surface area (Å²) in [7, 11) is 1.56. The van der Waals surface area contributed by atoms with Gasteiger partial charge in [-0.15, -0.1) is 0 Å². The number of amides is 1. The third-order valence-corrected chi connectivity index (χ3v) is 1.66. The molecule has 16 heavy (non-hydrogen) atoms. The predicted molar refractivity (Wildman–Crippen MR) is 69.9 cm³/mol. The monoisotopic (exact) mass is 215 g/mol. The Balaban J connectivity index is 0.000000325. The number of likely N-dealkylation sites (N-methyl/N-ethyl adjacent to an activating group) is 1. The van der Waals surface area contributed by atoms with Crippen molar-refractivity contribution in [2.45, 2.75) is 0 Å². The number of nitrogens with one attached hydrogen (secondary N) is 1. The maximum Gasteiger partial charge on any atom is 0.243 e. The Hall–Kier alpha value is -2.09. The van der Waals surface area contributed by atoms with Crippen LogP contribution in [0.2, 0.25) is 0 Å². The maximum atomic E-state index is 9.95. The van der Waals surface area contributed by atoms with E-state index in [-0.39, 0.29) is 5.91 Å². The molecule has 0 aromatic heterocycles. The first-order valence-corrected chi connectivity index (χ1v) is 4.93. The van der Waals surface area contributed by atoms with Crippen molar-refractivity contribution >= 4 is 12.0 Å². The van der Waals surface area contributed by atoms with Crippen molar-refractivity contribution < 1.29 is 4.79 Å². The molecule has 0 aliphatic rings. The fraction of sp³-hybridized carbons (Fsp3) is 0.0714. The first-order chi connectivity index (χ1) is 7.74. The molecule has 1 aromatic rings. The molecule has 2 nitrogen and oxygen atoms in total. The van der Waals surface area contributed by atoms with Gasteiger partial charge in [0.25, 0.3) is 0 Å². The van der Waals surface area contributed by atoms with Crippen LogP contribution in [0.5, 0.6) is 0 Å². The Kier molecular flexibility index (Phi) is 8.23. The Bertz CT molecular complexity index is 352. The molecule has 0 unspecified atom stereocenters. The lowest BCUT2D eigenvalue weighted by molar-refractivity contribution is -0.116. The predicted octanol–water partition coefficient (Wildman–Crippen LogP) is 2.80. The van der Waals surface area contributed by atoms with Crippen LogP contribution in [0.15, 0.2) is 61.7 Å². The molecular weight excluding hydrogens is 198 g/mol. The van der Waals surface area contributed by atoms with Crippen molar-refractivity contribution in [1.82, 2.24) is 5.32 Å². The van der Waals surface area contributed by atoms with Crippen molar-refractivity contribution in [2.75, 3.05) is 7.05 Å². The SMILES string of the molecule is C=CC(=O)NC.C=CC=Cc1ccccc1. The molecule has 0 atom stereocenters. The van der Waals surface area contributed by atoms with E-state index in [4.69, 9.17) is 0 Å². The van der Waals surface area contributed by atoms with E-state index in [0.29, 0.717) is 0 Å². The van der Waals surface area contributed by atoms with Gasteiger partial charge >= 0.3 is 0 Å². The van der Waals surface area contributed by atoms with E-state index in [2.05, 4.69) is 30.6 Å². The highest BCUT2D eigenvalue weighted by Gasteiger charge is 1.79. The molecule has 1 rings (SSSR count). The van der Waals surface area contributed by atoms with Gasteiger partial charge in [0, 0.05) is 7.05 Å². The molecule has 0 aliphatic carbocycles. The molecule has 0 heterocycles. The normalized spacial score (nSPS) is 8.81. The summed E-state index contributed by atoms with van der Waals surface area (Å²) in [6.07, 6.45) is 6.94. The molecule has 1 aromatic carbocycles. The molecule has 1 amide bonds. The molecule has 1 N–H and O–H groups in total. The highest BCUT2D eigenvalue weighted by atomic mass is 16.1. The van der Waals surface area contributed by atoms with Crippen LogP contribution in [0.25, 0.3) is 6.08 Å². The minimum atomic E-state index is -0.144. The first-order valence-electron chi connectivity index (χ1n) is 4.93. The zero-order valence-electron chi connectivity index (χ0n) is 9.52. The van der Waals surface area contributed by atoms with E-state index < -0.39 is 0 Å². The van der Waals surface area contributed by atoms with Crippen molar-refractivity contribution in [3.05, 3.63) is 67.3 Å². The zero-order chi connectivity index (χ0) is 12.2. The molecule has 2 heteroatoms. The summed E-state index contributed by atoms with van der Waals surface area (Å²) < 4.78 is 0. The van der Waals surface area contributed by atoms with Crippen LogP contribution in [0.3, 0.4) is 0 Å². The number of carbonyl (C=O) groups excluding carboxylic acids is 1. The van der Waals surface area contributed by atoms with E-state index >= 15 is 0 Å². The van der Waals surface area contributed by atoms with Crippen LogP contribution in [0.4, 0.5) is 0 Å². The molecule has 84 valence electrons. The molecule has 0 spiro atoms. The zero-order valence-corrected chi connectivity index (χ0v) is 9.52. The van der Waals surface area contributed by atoms with Gasteiger partial charge in [-0.05, 0) is 11.6 Å². The standard InChI is InChI=1S/C10H10.C4H7NO/c1-2-3-7-10-8-5-4-6-9-10;1-3-4(6)5-2/h2-9H,1H2;3H,1H2,2H3,(H,5,6). The Labute approximate surface area is 97.0 Å². The molecule has 0 radical (unpaired) electrons. The third-order valence-electron chi connectivity index (χ3n) is 1.66. The van der Waals surface area contributed by atoms with Gasteiger partial charge in [-0.1, -0.05) is 61.7 Å². The Morgan fingerprint density at radius 2 is 1.88 bits per heavy atom. The first kappa shape index (κ1) is 13.9. The summed E-state index contributed by atoms with van der Waals surface area (Å²) in [5.41, 5.74) is 1.21. The highest BCUT2D eigenvalue weighted by molar-refractivity contribution is 5.86. The number of hydrogen-bond acceptors (Lipinski definition) is 1. The molecule has 0 saturated carbocycles. The van der Waals surface area contributed by atoms with Crippen LogP contribution in [-0.4, -0.2) is 13.0 Å². The van der Waals surface area contributed by atoms with Crippen LogP contribution in [0.1, 0.15) is 5.56 Å². The van der Waals surface area contributed by atoms with E-state index in [1.807, 2.05) is 30.4 Å². The van der Waals surface area contributed by atoms with E-state index in [9.17, 15) is 4.79 Å². The fourth-order valence-electron chi connectivity index (χ4n) is 0.845. The van der Waals surface area contributed by atoms with Crippen molar-refractivity contribution in [1.29, 1.82) is 0 Å². The average molecular weight is 215 g/mol. The Morgan fingerprint density at radius 1 is 1.25 bits per heavy atom. The lowest BCUT2D eigenvalue weighted by Gasteiger charge is -1.87. The lowest BCUT2D eigenvalue weighted by atomic mass is 10.2. The number of rotatable bonds is 3. The van der Waals surface area contributed by atoms with Crippen LogP contribution in [0, 0.1) is 0 Å². The summed E-state index contributed by atoms with van der Waals surface area (Å²) in [6.45, 7) is 6.81. The number of allylic oxidation sites excluding steroid dienone is 2. The van der Waals surface area contributed by atoms with Gasteiger partial charge in [0.1, 0.15) is 0 Å². The lowest BCUT2D eigenvalue weighted by Crippen LogP contribution is -2.13. The second kappa shape index (κ2) is 9.46. The number of hydrogen-bond donors (Lipinski definition) is 1. The van der Waals surface area contributed by atoms with Gasteiger partial charge < -0.3 is 5.32 Å². The van der Waals surface area contributed by atoms with E-state index in [1.165, 1.54) is 11.6 Å². The van der Waals surface area contributed by atoms with E-state index in [1.54, 1.807) is 13.1 Å².